The van der Waals surface area contributed by atoms with Crippen molar-refractivity contribution in [2.45, 2.75) is 12.2 Å². The lowest BCUT2D eigenvalue weighted by Crippen LogP contribution is -2.26. The van der Waals surface area contributed by atoms with E-state index in [2.05, 4.69) is 0 Å². The van der Waals surface area contributed by atoms with Gasteiger partial charge in [-0.2, -0.15) is 8.42 Å². The molecule has 68 valence electrons. The molecule has 0 unspecified atom stereocenters. The van der Waals surface area contributed by atoms with E-state index in [1.54, 1.807) is 0 Å². The summed E-state index contributed by atoms with van der Waals surface area (Å²) in [6, 6.07) is 0. The van der Waals surface area contributed by atoms with Crippen molar-refractivity contribution in [2.75, 3.05) is 0 Å². The molecule has 0 spiro atoms. The van der Waals surface area contributed by atoms with Crippen LogP contribution in [0.3, 0.4) is 0 Å². The molecule has 0 aromatic rings. The third kappa shape index (κ3) is 2.15. The minimum atomic E-state index is -4.22. The Morgan fingerprint density at radius 1 is 1.42 bits per heavy atom. The molecular weight excluding hydrogens is 184 g/mol. The Morgan fingerprint density at radius 3 is 2.33 bits per heavy atom. The summed E-state index contributed by atoms with van der Waals surface area (Å²) in [5.74, 6) is -2.01. The Kier molecular flexibility index (Phi) is 2.09. The van der Waals surface area contributed by atoms with Crippen LogP contribution in [0.25, 0.3) is 0 Å². The molecule has 0 fully saturated rings. The van der Waals surface area contributed by atoms with E-state index in [1.165, 1.54) is 0 Å². The van der Waals surface area contributed by atoms with E-state index < -0.39 is 15.9 Å². The maximum absolute atomic E-state index is 10.5. The molecule has 0 saturated carbocycles. The molecule has 0 aromatic carbocycles. The van der Waals surface area contributed by atoms with Gasteiger partial charge in [-0.15, -0.1) is 0 Å². The number of rotatable bonds is 1. The first-order chi connectivity index (χ1) is 5.31. The SMILES string of the molecule is O=S(=O)(O)C1=CCC(O)(O)C=C1. The average molecular weight is 192 g/mol. The summed E-state index contributed by atoms with van der Waals surface area (Å²) < 4.78 is 29.4. The van der Waals surface area contributed by atoms with Crippen LogP contribution in [0.4, 0.5) is 0 Å². The first-order valence-corrected chi connectivity index (χ1v) is 4.57. The van der Waals surface area contributed by atoms with Gasteiger partial charge >= 0.3 is 0 Å². The highest BCUT2D eigenvalue weighted by molar-refractivity contribution is 7.90. The van der Waals surface area contributed by atoms with Crippen LogP contribution in [-0.2, 0) is 10.1 Å². The first-order valence-electron chi connectivity index (χ1n) is 3.13. The molecule has 0 atom stereocenters. The molecule has 0 saturated heterocycles. The van der Waals surface area contributed by atoms with Crippen molar-refractivity contribution in [3.8, 4) is 0 Å². The summed E-state index contributed by atoms with van der Waals surface area (Å²) >= 11 is 0. The Balaban J connectivity index is 2.93. The third-order valence-electron chi connectivity index (χ3n) is 1.42. The van der Waals surface area contributed by atoms with E-state index in [1.807, 2.05) is 0 Å². The summed E-state index contributed by atoms with van der Waals surface area (Å²) in [5, 5.41) is 17.8. The largest absolute Gasteiger partial charge is 0.362 e. The van der Waals surface area contributed by atoms with E-state index in [4.69, 9.17) is 14.8 Å². The topological polar surface area (TPSA) is 94.8 Å². The van der Waals surface area contributed by atoms with Crippen LogP contribution in [0.15, 0.2) is 23.1 Å². The molecule has 12 heavy (non-hydrogen) atoms. The van der Waals surface area contributed by atoms with Crippen LogP contribution in [-0.4, -0.2) is 29.0 Å². The van der Waals surface area contributed by atoms with Crippen molar-refractivity contribution in [3.63, 3.8) is 0 Å². The van der Waals surface area contributed by atoms with Gasteiger partial charge in [-0.25, -0.2) is 0 Å². The Hall–Kier alpha value is -0.690. The van der Waals surface area contributed by atoms with Crippen molar-refractivity contribution >= 4 is 10.1 Å². The van der Waals surface area contributed by atoms with Gasteiger partial charge in [-0.3, -0.25) is 4.55 Å². The summed E-state index contributed by atoms with van der Waals surface area (Å²) in [7, 11) is -4.22. The molecule has 6 heteroatoms. The molecule has 1 rings (SSSR count). The minimum Gasteiger partial charge on any atom is -0.362 e. The number of hydrogen-bond donors (Lipinski definition) is 3. The van der Waals surface area contributed by atoms with Gasteiger partial charge in [0.25, 0.3) is 10.1 Å². The average Bonchev–Trinajstić information content (AvgIpc) is 1.83. The Bertz CT molecular complexity index is 335. The minimum absolute atomic E-state index is 0.251. The van der Waals surface area contributed by atoms with Crippen molar-refractivity contribution in [3.05, 3.63) is 23.1 Å². The van der Waals surface area contributed by atoms with Crippen molar-refractivity contribution in [1.82, 2.24) is 0 Å². The van der Waals surface area contributed by atoms with E-state index in [9.17, 15) is 8.42 Å². The predicted molar refractivity (Wildman–Crippen MR) is 40.6 cm³/mol. The van der Waals surface area contributed by atoms with Crippen LogP contribution in [0.1, 0.15) is 6.42 Å². The fraction of sp³-hybridized carbons (Fsp3) is 0.333. The van der Waals surface area contributed by atoms with Gasteiger partial charge in [0.15, 0.2) is 5.79 Å². The molecule has 1 aliphatic rings. The molecule has 0 amide bonds. The van der Waals surface area contributed by atoms with Crippen LogP contribution in [0.2, 0.25) is 0 Å². The van der Waals surface area contributed by atoms with Crippen LogP contribution in [0, 0.1) is 0 Å². The quantitative estimate of drug-likeness (QED) is 0.381. The lowest BCUT2D eigenvalue weighted by atomic mass is 10.1. The van der Waals surface area contributed by atoms with Gasteiger partial charge in [0.05, 0.1) is 4.91 Å². The molecule has 3 N–H and O–H groups in total. The molecule has 1 aliphatic carbocycles. The Labute approximate surface area is 69.4 Å². The second kappa shape index (κ2) is 2.67. The van der Waals surface area contributed by atoms with Gasteiger partial charge in [-0.1, -0.05) is 6.08 Å². The zero-order valence-corrected chi connectivity index (χ0v) is 6.82. The normalized spacial score (nSPS) is 22.1. The van der Waals surface area contributed by atoms with Crippen LogP contribution in [0.5, 0.6) is 0 Å². The zero-order valence-electron chi connectivity index (χ0n) is 6.01. The Morgan fingerprint density at radius 2 is 2.00 bits per heavy atom. The first kappa shape index (κ1) is 9.40. The summed E-state index contributed by atoms with van der Waals surface area (Å²) in [6.45, 7) is 0. The standard InChI is InChI=1S/C6H8O5S/c7-6(8)3-1-5(2-4-6)12(9,10)11/h1-3,7-8H,4H2,(H,9,10,11). The molecule has 0 aliphatic heterocycles. The molecule has 0 bridgehead atoms. The van der Waals surface area contributed by atoms with Gasteiger partial charge < -0.3 is 10.2 Å². The smallest absolute Gasteiger partial charge is 0.294 e. The molecular formula is C6H8O5S. The fourth-order valence-electron chi connectivity index (χ4n) is 0.794. The monoisotopic (exact) mass is 192 g/mol. The molecule has 0 radical (unpaired) electrons. The molecule has 0 heterocycles. The fourth-order valence-corrected chi connectivity index (χ4v) is 1.33. The second-order valence-corrected chi connectivity index (χ2v) is 3.92. The van der Waals surface area contributed by atoms with Gasteiger partial charge in [-0.05, 0) is 12.2 Å². The van der Waals surface area contributed by atoms with Crippen LogP contribution < -0.4 is 0 Å². The van der Waals surface area contributed by atoms with E-state index in [-0.39, 0.29) is 11.3 Å². The summed E-state index contributed by atoms with van der Waals surface area (Å²) in [4.78, 5) is -0.318. The van der Waals surface area contributed by atoms with Gasteiger partial charge in [0, 0.05) is 6.42 Å². The van der Waals surface area contributed by atoms with Crippen molar-refractivity contribution < 1.29 is 23.2 Å². The second-order valence-electron chi connectivity index (χ2n) is 2.50. The van der Waals surface area contributed by atoms with Gasteiger partial charge in [0.2, 0.25) is 0 Å². The van der Waals surface area contributed by atoms with E-state index in [0.717, 1.165) is 18.2 Å². The van der Waals surface area contributed by atoms with Crippen molar-refractivity contribution in [1.29, 1.82) is 0 Å². The lowest BCUT2D eigenvalue weighted by Gasteiger charge is -2.18. The number of allylic oxidation sites excluding steroid dienone is 1. The highest BCUT2D eigenvalue weighted by Crippen LogP contribution is 2.20. The number of hydrogen-bond acceptors (Lipinski definition) is 4. The predicted octanol–water partition coefficient (Wildman–Crippen LogP) is -0.601. The molecule has 5 nitrogen and oxygen atoms in total. The third-order valence-corrected chi connectivity index (χ3v) is 2.31. The van der Waals surface area contributed by atoms with Gasteiger partial charge in [0.1, 0.15) is 0 Å². The van der Waals surface area contributed by atoms with E-state index in [0.29, 0.717) is 0 Å². The number of aliphatic hydroxyl groups is 2. The lowest BCUT2D eigenvalue weighted by molar-refractivity contribution is -0.115. The van der Waals surface area contributed by atoms with Crippen molar-refractivity contribution in [2.24, 2.45) is 0 Å². The highest BCUT2D eigenvalue weighted by Gasteiger charge is 2.24. The van der Waals surface area contributed by atoms with E-state index >= 15 is 0 Å². The van der Waals surface area contributed by atoms with Crippen LogP contribution >= 0.6 is 0 Å². The maximum atomic E-state index is 10.5. The maximum Gasteiger partial charge on any atom is 0.294 e. The summed E-state index contributed by atoms with van der Waals surface area (Å²) in [5.41, 5.74) is 0. The highest BCUT2D eigenvalue weighted by atomic mass is 32.2. The molecule has 0 aromatic heterocycles. The summed E-state index contributed by atoms with van der Waals surface area (Å²) in [6.07, 6.45) is 2.63. The zero-order chi connectivity index (χ0) is 9.41.